The topological polar surface area (TPSA) is 100 Å². The van der Waals surface area contributed by atoms with E-state index in [1.807, 2.05) is 24.3 Å². The number of benzene rings is 3. The molecule has 178 valence electrons. The maximum atomic E-state index is 12.5. The van der Waals surface area contributed by atoms with Gasteiger partial charge >= 0.3 is 5.97 Å². The fraction of sp³-hybridized carbons (Fsp3) is 0.120. The largest absolute Gasteiger partial charge is 0.493 e. The van der Waals surface area contributed by atoms with Gasteiger partial charge in [-0.05, 0) is 70.4 Å². The van der Waals surface area contributed by atoms with E-state index in [0.29, 0.717) is 39.3 Å². The third kappa shape index (κ3) is 5.44. The standard InChI is InChI=1S/C25H18Br2N2O6/c1-14-18(4-3-5-21(14)29(31)32)24-28-20(25(30)35-24)11-16-10-19(27)23(22(12-16)33-2)34-13-15-6-8-17(26)9-7-15/h3-12H,13H2,1-2H3/b20-11-. The Morgan fingerprint density at radius 3 is 2.57 bits per heavy atom. The minimum atomic E-state index is -0.656. The molecule has 0 aromatic heterocycles. The van der Waals surface area contributed by atoms with Crippen LogP contribution in [0, 0.1) is 17.0 Å². The number of carbonyl (C=O) groups excluding carboxylic acids is 1. The van der Waals surface area contributed by atoms with Crippen molar-refractivity contribution in [2.24, 2.45) is 4.99 Å². The van der Waals surface area contributed by atoms with Crippen LogP contribution in [0.15, 0.2) is 74.2 Å². The zero-order chi connectivity index (χ0) is 25.1. The fourth-order valence-electron chi connectivity index (χ4n) is 3.43. The highest BCUT2D eigenvalue weighted by Crippen LogP contribution is 2.38. The lowest BCUT2D eigenvalue weighted by molar-refractivity contribution is -0.385. The van der Waals surface area contributed by atoms with E-state index in [1.165, 1.54) is 19.2 Å². The summed E-state index contributed by atoms with van der Waals surface area (Å²) in [4.78, 5) is 27.5. The van der Waals surface area contributed by atoms with Gasteiger partial charge in [0.2, 0.25) is 5.90 Å². The van der Waals surface area contributed by atoms with Crippen LogP contribution in [0.1, 0.15) is 22.3 Å². The number of aliphatic imine (C=N–C) groups is 1. The van der Waals surface area contributed by atoms with Crippen LogP contribution < -0.4 is 9.47 Å². The number of carbonyl (C=O) groups is 1. The van der Waals surface area contributed by atoms with Crippen LogP contribution in [0.2, 0.25) is 0 Å². The highest BCUT2D eigenvalue weighted by atomic mass is 79.9. The van der Waals surface area contributed by atoms with Gasteiger partial charge in [0, 0.05) is 21.7 Å². The van der Waals surface area contributed by atoms with Gasteiger partial charge < -0.3 is 14.2 Å². The average molecular weight is 602 g/mol. The number of cyclic esters (lactones) is 1. The van der Waals surface area contributed by atoms with Gasteiger partial charge in [0.15, 0.2) is 17.2 Å². The van der Waals surface area contributed by atoms with E-state index in [9.17, 15) is 14.9 Å². The SMILES string of the molecule is COc1cc(/C=C2\N=C(c3cccc([N+](=O)[O-])c3C)OC2=O)cc(Br)c1OCc1ccc(Br)cc1. The van der Waals surface area contributed by atoms with Crippen LogP contribution in [-0.4, -0.2) is 23.9 Å². The van der Waals surface area contributed by atoms with Gasteiger partial charge in [-0.3, -0.25) is 10.1 Å². The van der Waals surface area contributed by atoms with Crippen LogP contribution in [0.4, 0.5) is 5.69 Å². The first-order chi connectivity index (χ1) is 16.8. The van der Waals surface area contributed by atoms with Crippen molar-refractivity contribution < 1.29 is 23.9 Å². The summed E-state index contributed by atoms with van der Waals surface area (Å²) in [5.74, 6) is 0.343. The molecule has 0 amide bonds. The number of hydrogen-bond donors (Lipinski definition) is 0. The zero-order valence-electron chi connectivity index (χ0n) is 18.6. The van der Waals surface area contributed by atoms with E-state index in [4.69, 9.17) is 14.2 Å². The Morgan fingerprint density at radius 1 is 1.14 bits per heavy atom. The van der Waals surface area contributed by atoms with Crippen molar-refractivity contribution >= 4 is 55.5 Å². The van der Waals surface area contributed by atoms with E-state index in [1.54, 1.807) is 31.2 Å². The van der Waals surface area contributed by atoms with E-state index >= 15 is 0 Å². The Bertz CT molecular complexity index is 1380. The number of hydrogen-bond acceptors (Lipinski definition) is 7. The maximum Gasteiger partial charge on any atom is 0.363 e. The van der Waals surface area contributed by atoms with E-state index in [2.05, 4.69) is 36.9 Å². The summed E-state index contributed by atoms with van der Waals surface area (Å²) in [6.45, 7) is 1.92. The summed E-state index contributed by atoms with van der Waals surface area (Å²) in [6, 6.07) is 15.8. The summed E-state index contributed by atoms with van der Waals surface area (Å²) in [5.41, 5.74) is 2.33. The number of nitro groups is 1. The smallest absolute Gasteiger partial charge is 0.363 e. The molecular formula is C25H18Br2N2O6. The molecule has 0 saturated carbocycles. The minimum absolute atomic E-state index is 0.0166. The molecule has 0 spiro atoms. The summed E-state index contributed by atoms with van der Waals surface area (Å²) in [6.07, 6.45) is 1.55. The van der Waals surface area contributed by atoms with Crippen molar-refractivity contribution in [3.8, 4) is 11.5 Å². The average Bonchev–Trinajstić information content (AvgIpc) is 3.18. The first-order valence-electron chi connectivity index (χ1n) is 10.3. The molecule has 3 aromatic carbocycles. The molecule has 4 rings (SSSR count). The van der Waals surface area contributed by atoms with Crippen molar-refractivity contribution in [1.29, 1.82) is 0 Å². The first kappa shape index (κ1) is 24.6. The number of ether oxygens (including phenoxy) is 3. The molecule has 1 aliphatic heterocycles. The van der Waals surface area contributed by atoms with E-state index in [0.717, 1.165) is 10.0 Å². The number of rotatable bonds is 7. The molecule has 0 saturated heterocycles. The second-order valence-electron chi connectivity index (χ2n) is 7.49. The molecule has 8 nitrogen and oxygen atoms in total. The highest BCUT2D eigenvalue weighted by molar-refractivity contribution is 9.10. The molecule has 0 aliphatic carbocycles. The number of esters is 1. The summed E-state index contributed by atoms with van der Waals surface area (Å²) in [7, 11) is 1.52. The lowest BCUT2D eigenvalue weighted by Gasteiger charge is -2.14. The van der Waals surface area contributed by atoms with Crippen LogP contribution in [0.5, 0.6) is 11.5 Å². The highest BCUT2D eigenvalue weighted by Gasteiger charge is 2.27. The van der Waals surface area contributed by atoms with Gasteiger partial charge in [-0.15, -0.1) is 0 Å². The molecule has 0 fully saturated rings. The van der Waals surface area contributed by atoms with Gasteiger partial charge in [0.05, 0.1) is 16.5 Å². The molecule has 0 radical (unpaired) electrons. The van der Waals surface area contributed by atoms with Crippen LogP contribution in [-0.2, 0) is 16.1 Å². The molecule has 0 unspecified atom stereocenters. The molecule has 1 aliphatic rings. The van der Waals surface area contributed by atoms with Crippen molar-refractivity contribution in [3.05, 3.63) is 102 Å². The van der Waals surface area contributed by atoms with Gasteiger partial charge in [-0.2, -0.15) is 0 Å². The lowest BCUT2D eigenvalue weighted by Crippen LogP contribution is -2.08. The van der Waals surface area contributed by atoms with Gasteiger partial charge in [0.25, 0.3) is 5.69 Å². The molecule has 3 aromatic rings. The normalized spacial score (nSPS) is 14.0. The van der Waals surface area contributed by atoms with Crippen LogP contribution in [0.3, 0.4) is 0 Å². The number of halogens is 2. The van der Waals surface area contributed by atoms with E-state index in [-0.39, 0.29) is 17.3 Å². The minimum Gasteiger partial charge on any atom is -0.493 e. The summed E-state index contributed by atoms with van der Waals surface area (Å²) in [5, 5.41) is 11.2. The number of methoxy groups -OCH3 is 1. The van der Waals surface area contributed by atoms with E-state index < -0.39 is 10.9 Å². The second kappa shape index (κ2) is 10.4. The Hall–Kier alpha value is -3.50. The quantitative estimate of drug-likeness (QED) is 0.135. The third-order valence-electron chi connectivity index (χ3n) is 5.20. The first-order valence-corrected chi connectivity index (χ1v) is 11.9. The Balaban J connectivity index is 1.61. The van der Waals surface area contributed by atoms with Crippen LogP contribution >= 0.6 is 31.9 Å². The molecular weight excluding hydrogens is 584 g/mol. The predicted molar refractivity (Wildman–Crippen MR) is 138 cm³/mol. The van der Waals surface area contributed by atoms with Crippen molar-refractivity contribution in [1.82, 2.24) is 0 Å². The van der Waals surface area contributed by atoms with Gasteiger partial charge in [-0.1, -0.05) is 34.1 Å². The zero-order valence-corrected chi connectivity index (χ0v) is 21.8. The number of nitrogens with zero attached hydrogens (tertiary/aromatic N) is 2. The predicted octanol–water partition coefficient (Wildman–Crippen LogP) is 6.36. The van der Waals surface area contributed by atoms with Crippen LogP contribution in [0.25, 0.3) is 6.08 Å². The monoisotopic (exact) mass is 600 g/mol. The summed E-state index contributed by atoms with van der Waals surface area (Å²) >= 11 is 6.92. The van der Waals surface area contributed by atoms with Gasteiger partial charge in [-0.25, -0.2) is 9.79 Å². The Kier molecular flexibility index (Phi) is 7.32. The second-order valence-corrected chi connectivity index (χ2v) is 9.26. The lowest BCUT2D eigenvalue weighted by atomic mass is 10.1. The van der Waals surface area contributed by atoms with Crippen molar-refractivity contribution in [2.45, 2.75) is 13.5 Å². The molecule has 0 N–H and O–H groups in total. The van der Waals surface area contributed by atoms with Crippen molar-refractivity contribution in [2.75, 3.05) is 7.11 Å². The fourth-order valence-corrected chi connectivity index (χ4v) is 4.27. The van der Waals surface area contributed by atoms with Crippen molar-refractivity contribution in [3.63, 3.8) is 0 Å². The molecule has 0 atom stereocenters. The Morgan fingerprint density at radius 2 is 1.89 bits per heavy atom. The molecule has 1 heterocycles. The molecule has 10 heteroatoms. The third-order valence-corrected chi connectivity index (χ3v) is 6.32. The molecule has 35 heavy (non-hydrogen) atoms. The number of nitro benzene ring substituents is 1. The summed E-state index contributed by atoms with van der Waals surface area (Å²) < 4.78 is 18.4. The van der Waals surface area contributed by atoms with Gasteiger partial charge in [0.1, 0.15) is 6.61 Å². The maximum absolute atomic E-state index is 12.5. The Labute approximate surface area is 217 Å². The molecule has 0 bridgehead atoms.